The number of hydrogen-bond acceptors (Lipinski definition) is 4. The van der Waals surface area contributed by atoms with Crippen LogP contribution >= 0.6 is 15.9 Å². The zero-order chi connectivity index (χ0) is 13.8. The van der Waals surface area contributed by atoms with Crippen molar-refractivity contribution < 1.29 is 19.3 Å². The quantitative estimate of drug-likeness (QED) is 0.922. The topological polar surface area (TPSA) is 47.9 Å². The summed E-state index contributed by atoms with van der Waals surface area (Å²) in [5.74, 6) is 1.51. The van der Waals surface area contributed by atoms with Crippen molar-refractivity contribution in [3.8, 4) is 11.5 Å². The van der Waals surface area contributed by atoms with E-state index in [-0.39, 0.29) is 5.92 Å². The van der Waals surface area contributed by atoms with Gasteiger partial charge in [-0.05, 0) is 36.5 Å². The molecule has 1 N–H and O–H groups in total. The van der Waals surface area contributed by atoms with E-state index in [1.54, 1.807) is 14.2 Å². The third-order valence-corrected chi connectivity index (χ3v) is 4.22. The van der Waals surface area contributed by atoms with Crippen LogP contribution in [0.3, 0.4) is 0 Å². The van der Waals surface area contributed by atoms with Crippen LogP contribution in [0.5, 0.6) is 11.5 Å². The number of hydrogen-bond donors (Lipinski definition) is 1. The van der Waals surface area contributed by atoms with Crippen LogP contribution in [0.1, 0.15) is 24.5 Å². The van der Waals surface area contributed by atoms with Gasteiger partial charge in [-0.1, -0.05) is 15.9 Å². The molecule has 0 bridgehead atoms. The molecule has 0 spiro atoms. The summed E-state index contributed by atoms with van der Waals surface area (Å²) in [5.41, 5.74) is 0.838. The van der Waals surface area contributed by atoms with Crippen molar-refractivity contribution in [2.45, 2.75) is 18.9 Å². The molecule has 0 radical (unpaired) electrons. The van der Waals surface area contributed by atoms with Crippen LogP contribution in [0.15, 0.2) is 16.6 Å². The maximum absolute atomic E-state index is 10.5. The van der Waals surface area contributed by atoms with Crippen molar-refractivity contribution in [1.29, 1.82) is 0 Å². The summed E-state index contributed by atoms with van der Waals surface area (Å²) in [4.78, 5) is 0. The Balaban J connectivity index is 2.27. The fourth-order valence-corrected chi connectivity index (χ4v) is 2.94. The van der Waals surface area contributed by atoms with E-state index in [0.29, 0.717) is 24.7 Å². The number of ether oxygens (including phenoxy) is 3. The van der Waals surface area contributed by atoms with E-state index in [1.807, 2.05) is 12.1 Å². The van der Waals surface area contributed by atoms with Crippen molar-refractivity contribution in [2.24, 2.45) is 5.92 Å². The fourth-order valence-electron chi connectivity index (χ4n) is 2.38. The number of halogens is 1. The van der Waals surface area contributed by atoms with E-state index in [0.717, 1.165) is 22.9 Å². The van der Waals surface area contributed by atoms with Gasteiger partial charge in [0.05, 0.1) is 20.3 Å². The number of benzene rings is 1. The van der Waals surface area contributed by atoms with Crippen molar-refractivity contribution in [1.82, 2.24) is 0 Å². The van der Waals surface area contributed by atoms with Crippen molar-refractivity contribution in [2.75, 3.05) is 27.4 Å². The zero-order valence-electron chi connectivity index (χ0n) is 11.2. The average Bonchev–Trinajstić information content (AvgIpc) is 2.47. The Morgan fingerprint density at radius 2 is 1.79 bits per heavy atom. The lowest BCUT2D eigenvalue weighted by molar-refractivity contribution is 0.00683. The van der Waals surface area contributed by atoms with Crippen LogP contribution in [-0.4, -0.2) is 32.5 Å². The smallest absolute Gasteiger partial charge is 0.161 e. The van der Waals surface area contributed by atoms with Crippen molar-refractivity contribution >= 4 is 15.9 Å². The number of rotatable bonds is 4. The first-order valence-electron chi connectivity index (χ1n) is 6.34. The van der Waals surface area contributed by atoms with Gasteiger partial charge in [-0.3, -0.25) is 0 Å². The number of aliphatic hydroxyl groups excluding tert-OH is 1. The van der Waals surface area contributed by atoms with Crippen LogP contribution in [0.2, 0.25) is 0 Å². The lowest BCUT2D eigenvalue weighted by Gasteiger charge is -2.28. The fraction of sp³-hybridized carbons (Fsp3) is 0.571. The summed E-state index contributed by atoms with van der Waals surface area (Å²) in [6.45, 7) is 1.43. The molecule has 5 heteroatoms. The van der Waals surface area contributed by atoms with Gasteiger partial charge in [0.15, 0.2) is 11.5 Å². The molecule has 106 valence electrons. The molecule has 1 heterocycles. The maximum atomic E-state index is 10.5. The zero-order valence-corrected chi connectivity index (χ0v) is 12.8. The monoisotopic (exact) mass is 330 g/mol. The van der Waals surface area contributed by atoms with Gasteiger partial charge in [0.1, 0.15) is 0 Å². The molecule has 1 atom stereocenters. The second-order valence-corrected chi connectivity index (χ2v) is 5.48. The van der Waals surface area contributed by atoms with Gasteiger partial charge < -0.3 is 19.3 Å². The number of aliphatic hydroxyl groups is 1. The Morgan fingerprint density at radius 1 is 1.21 bits per heavy atom. The first-order valence-corrected chi connectivity index (χ1v) is 7.14. The third kappa shape index (κ3) is 3.22. The second kappa shape index (κ2) is 6.59. The SMILES string of the molecule is COc1cc(Br)c(C(O)C2CCOCC2)cc1OC. The van der Waals surface area contributed by atoms with Gasteiger partial charge in [-0.2, -0.15) is 0 Å². The Bertz CT molecular complexity index is 430. The summed E-state index contributed by atoms with van der Waals surface area (Å²) < 4.78 is 16.7. The molecular formula is C14H19BrO4. The molecule has 4 nitrogen and oxygen atoms in total. The maximum Gasteiger partial charge on any atom is 0.161 e. The standard InChI is InChI=1S/C14H19BrO4/c1-17-12-7-10(11(15)8-13(12)18-2)14(16)9-3-5-19-6-4-9/h7-9,14,16H,3-6H2,1-2H3. The number of methoxy groups -OCH3 is 2. The second-order valence-electron chi connectivity index (χ2n) is 4.62. The highest BCUT2D eigenvalue weighted by Crippen LogP contribution is 2.39. The molecule has 1 aliphatic heterocycles. The Kier molecular flexibility index (Phi) is 5.07. The predicted octanol–water partition coefficient (Wildman–Crippen LogP) is 2.93. The average molecular weight is 331 g/mol. The summed E-state index contributed by atoms with van der Waals surface area (Å²) in [5, 5.41) is 10.5. The minimum Gasteiger partial charge on any atom is -0.493 e. The molecular weight excluding hydrogens is 312 g/mol. The third-order valence-electron chi connectivity index (χ3n) is 3.53. The molecule has 1 aromatic rings. The lowest BCUT2D eigenvalue weighted by atomic mass is 9.89. The molecule has 1 aromatic carbocycles. The predicted molar refractivity (Wildman–Crippen MR) is 75.7 cm³/mol. The van der Waals surface area contributed by atoms with Crippen molar-refractivity contribution in [3.63, 3.8) is 0 Å². The summed E-state index contributed by atoms with van der Waals surface area (Å²) in [6.07, 6.45) is 1.24. The molecule has 1 saturated heterocycles. The minimum absolute atomic E-state index is 0.225. The van der Waals surface area contributed by atoms with E-state index in [2.05, 4.69) is 15.9 Å². The van der Waals surface area contributed by atoms with Crippen LogP contribution < -0.4 is 9.47 Å². The Morgan fingerprint density at radius 3 is 2.37 bits per heavy atom. The molecule has 19 heavy (non-hydrogen) atoms. The molecule has 1 fully saturated rings. The molecule has 2 rings (SSSR count). The Hall–Kier alpha value is -0.780. The van der Waals surface area contributed by atoms with E-state index < -0.39 is 6.10 Å². The molecule has 0 aromatic heterocycles. The first kappa shape index (κ1) is 14.6. The molecule has 0 saturated carbocycles. The van der Waals surface area contributed by atoms with E-state index in [1.165, 1.54) is 0 Å². The van der Waals surface area contributed by atoms with Crippen LogP contribution in [0.25, 0.3) is 0 Å². The van der Waals surface area contributed by atoms with Gasteiger partial charge in [-0.25, -0.2) is 0 Å². The van der Waals surface area contributed by atoms with E-state index in [4.69, 9.17) is 14.2 Å². The largest absolute Gasteiger partial charge is 0.493 e. The van der Waals surface area contributed by atoms with E-state index >= 15 is 0 Å². The van der Waals surface area contributed by atoms with Crippen LogP contribution in [-0.2, 0) is 4.74 Å². The minimum atomic E-state index is -0.516. The summed E-state index contributed by atoms with van der Waals surface area (Å²) >= 11 is 3.49. The van der Waals surface area contributed by atoms with Gasteiger partial charge in [0.25, 0.3) is 0 Å². The first-order chi connectivity index (χ1) is 9.17. The summed E-state index contributed by atoms with van der Waals surface area (Å²) in [6, 6.07) is 3.67. The van der Waals surface area contributed by atoms with Gasteiger partial charge in [0.2, 0.25) is 0 Å². The van der Waals surface area contributed by atoms with Crippen molar-refractivity contribution in [3.05, 3.63) is 22.2 Å². The lowest BCUT2D eigenvalue weighted by Crippen LogP contribution is -2.22. The van der Waals surface area contributed by atoms with E-state index in [9.17, 15) is 5.11 Å². The van der Waals surface area contributed by atoms with Crippen LogP contribution in [0, 0.1) is 5.92 Å². The summed E-state index contributed by atoms with van der Waals surface area (Å²) in [7, 11) is 3.19. The normalized spacial score (nSPS) is 18.1. The highest BCUT2D eigenvalue weighted by atomic mass is 79.9. The molecule has 1 unspecified atom stereocenters. The Labute approximate surface area is 121 Å². The molecule has 0 aliphatic carbocycles. The molecule has 1 aliphatic rings. The van der Waals surface area contributed by atoms with Gasteiger partial charge in [0, 0.05) is 17.7 Å². The van der Waals surface area contributed by atoms with Crippen LogP contribution in [0.4, 0.5) is 0 Å². The van der Waals surface area contributed by atoms with Gasteiger partial charge >= 0.3 is 0 Å². The van der Waals surface area contributed by atoms with Gasteiger partial charge in [-0.15, -0.1) is 0 Å². The highest BCUT2D eigenvalue weighted by Gasteiger charge is 2.26. The molecule has 0 amide bonds. The highest BCUT2D eigenvalue weighted by molar-refractivity contribution is 9.10.